The average Bonchev–Trinajstić information content (AvgIpc) is 3.15. The van der Waals surface area contributed by atoms with Gasteiger partial charge in [0.2, 0.25) is 5.91 Å². The SMILES string of the molecule is C=CCn1c(COc2ccccc2OC)nnc1SCC(=O)Nc1ccc(Br)c(C)c1. The van der Waals surface area contributed by atoms with Gasteiger partial charge >= 0.3 is 0 Å². The van der Waals surface area contributed by atoms with E-state index in [0.29, 0.717) is 29.0 Å². The summed E-state index contributed by atoms with van der Waals surface area (Å²) in [7, 11) is 1.60. The normalized spacial score (nSPS) is 10.5. The van der Waals surface area contributed by atoms with E-state index in [2.05, 4.69) is 38.0 Å². The van der Waals surface area contributed by atoms with Gasteiger partial charge in [-0.25, -0.2) is 0 Å². The number of methoxy groups -OCH3 is 1. The van der Waals surface area contributed by atoms with Crippen LogP contribution in [0.25, 0.3) is 0 Å². The molecule has 0 radical (unpaired) electrons. The van der Waals surface area contributed by atoms with E-state index < -0.39 is 0 Å². The Kier molecular flexibility index (Phi) is 8.13. The smallest absolute Gasteiger partial charge is 0.234 e. The van der Waals surface area contributed by atoms with Crippen molar-refractivity contribution in [2.24, 2.45) is 0 Å². The van der Waals surface area contributed by atoms with Crippen LogP contribution < -0.4 is 14.8 Å². The molecule has 0 atom stereocenters. The highest BCUT2D eigenvalue weighted by Gasteiger charge is 2.15. The van der Waals surface area contributed by atoms with Crippen molar-refractivity contribution in [3.8, 4) is 11.5 Å². The second-order valence-electron chi connectivity index (χ2n) is 6.54. The van der Waals surface area contributed by atoms with Gasteiger partial charge in [0.15, 0.2) is 22.5 Å². The van der Waals surface area contributed by atoms with E-state index in [1.165, 1.54) is 11.8 Å². The predicted octanol–water partition coefficient (Wildman–Crippen LogP) is 4.85. The number of halogens is 1. The molecule has 9 heteroatoms. The van der Waals surface area contributed by atoms with Crippen LogP contribution in [0, 0.1) is 6.92 Å². The summed E-state index contributed by atoms with van der Waals surface area (Å²) in [4.78, 5) is 12.4. The lowest BCUT2D eigenvalue weighted by molar-refractivity contribution is -0.113. The number of amides is 1. The Morgan fingerprint density at radius 2 is 2.03 bits per heavy atom. The topological polar surface area (TPSA) is 78.3 Å². The van der Waals surface area contributed by atoms with Crippen molar-refractivity contribution < 1.29 is 14.3 Å². The maximum Gasteiger partial charge on any atom is 0.234 e. The van der Waals surface area contributed by atoms with Gasteiger partial charge in [0.25, 0.3) is 0 Å². The summed E-state index contributed by atoms with van der Waals surface area (Å²) in [6.07, 6.45) is 1.75. The fourth-order valence-electron chi connectivity index (χ4n) is 2.77. The van der Waals surface area contributed by atoms with Gasteiger partial charge < -0.3 is 14.8 Å². The molecule has 0 aliphatic rings. The van der Waals surface area contributed by atoms with Gasteiger partial charge in [0.05, 0.1) is 12.9 Å². The van der Waals surface area contributed by atoms with Crippen molar-refractivity contribution in [1.82, 2.24) is 14.8 Å². The predicted molar refractivity (Wildman–Crippen MR) is 126 cm³/mol. The Morgan fingerprint density at radius 3 is 2.74 bits per heavy atom. The molecular formula is C22H23BrN4O3S. The third-order valence-corrected chi connectivity index (χ3v) is 6.16. The van der Waals surface area contributed by atoms with Crippen molar-refractivity contribution in [3.63, 3.8) is 0 Å². The number of allylic oxidation sites excluding steroid dienone is 1. The number of thioether (sulfide) groups is 1. The zero-order chi connectivity index (χ0) is 22.2. The van der Waals surface area contributed by atoms with Crippen LogP contribution in [0.5, 0.6) is 11.5 Å². The lowest BCUT2D eigenvalue weighted by Gasteiger charge is -2.11. The van der Waals surface area contributed by atoms with Crippen LogP contribution in [0.4, 0.5) is 5.69 Å². The molecule has 3 rings (SSSR count). The second kappa shape index (κ2) is 11.0. The first-order valence-electron chi connectivity index (χ1n) is 9.49. The van der Waals surface area contributed by atoms with E-state index in [4.69, 9.17) is 9.47 Å². The number of ether oxygens (including phenoxy) is 2. The third kappa shape index (κ3) is 6.11. The minimum Gasteiger partial charge on any atom is -0.493 e. The zero-order valence-electron chi connectivity index (χ0n) is 17.3. The number of aromatic nitrogens is 3. The number of carbonyl (C=O) groups excluding carboxylic acids is 1. The molecule has 0 aliphatic carbocycles. The van der Waals surface area contributed by atoms with Crippen molar-refractivity contribution >= 4 is 39.3 Å². The molecule has 7 nitrogen and oxygen atoms in total. The summed E-state index contributed by atoms with van der Waals surface area (Å²) in [6.45, 7) is 6.50. The highest BCUT2D eigenvalue weighted by molar-refractivity contribution is 9.10. The van der Waals surface area contributed by atoms with Gasteiger partial charge in [-0.2, -0.15) is 0 Å². The molecule has 0 saturated carbocycles. The van der Waals surface area contributed by atoms with Gasteiger partial charge in [-0.1, -0.05) is 45.9 Å². The zero-order valence-corrected chi connectivity index (χ0v) is 19.7. The van der Waals surface area contributed by atoms with E-state index in [9.17, 15) is 4.79 Å². The highest BCUT2D eigenvalue weighted by Crippen LogP contribution is 2.27. The number of rotatable bonds is 10. The van der Waals surface area contributed by atoms with Crippen LogP contribution in [0.1, 0.15) is 11.4 Å². The van der Waals surface area contributed by atoms with Crippen LogP contribution in [0.3, 0.4) is 0 Å². The van der Waals surface area contributed by atoms with Crippen LogP contribution in [-0.2, 0) is 17.9 Å². The molecule has 31 heavy (non-hydrogen) atoms. The molecular weight excluding hydrogens is 480 g/mol. The Labute approximate surface area is 194 Å². The summed E-state index contributed by atoms with van der Waals surface area (Å²) in [5.74, 6) is 1.99. The molecule has 1 N–H and O–H groups in total. The summed E-state index contributed by atoms with van der Waals surface area (Å²) >= 11 is 4.77. The highest BCUT2D eigenvalue weighted by atomic mass is 79.9. The monoisotopic (exact) mass is 502 g/mol. The van der Waals surface area contributed by atoms with E-state index in [1.54, 1.807) is 13.2 Å². The number of hydrogen-bond acceptors (Lipinski definition) is 6. The van der Waals surface area contributed by atoms with Gasteiger partial charge in [0, 0.05) is 16.7 Å². The van der Waals surface area contributed by atoms with Crippen LogP contribution in [0.15, 0.2) is 64.7 Å². The molecule has 0 aliphatic heterocycles. The van der Waals surface area contributed by atoms with Crippen molar-refractivity contribution in [1.29, 1.82) is 0 Å². The van der Waals surface area contributed by atoms with Crippen molar-refractivity contribution in [2.75, 3.05) is 18.2 Å². The molecule has 162 valence electrons. The number of carbonyl (C=O) groups is 1. The van der Waals surface area contributed by atoms with Gasteiger partial charge in [-0.15, -0.1) is 16.8 Å². The van der Waals surface area contributed by atoms with Crippen molar-refractivity contribution in [2.45, 2.75) is 25.2 Å². The summed E-state index contributed by atoms with van der Waals surface area (Å²) in [5.41, 5.74) is 1.81. The van der Waals surface area contributed by atoms with Gasteiger partial charge in [-0.05, 0) is 42.8 Å². The Balaban J connectivity index is 1.63. The molecule has 0 saturated heterocycles. The first-order chi connectivity index (χ1) is 15.0. The molecule has 0 fully saturated rings. The third-order valence-electron chi connectivity index (χ3n) is 4.31. The minimum absolute atomic E-state index is 0.119. The number of aryl methyl sites for hydroxylation is 1. The minimum atomic E-state index is -0.119. The molecule has 0 unspecified atom stereocenters. The number of benzene rings is 2. The van der Waals surface area contributed by atoms with E-state index in [1.807, 2.05) is 54.0 Å². The molecule has 3 aromatic rings. The Bertz CT molecular complexity index is 1070. The number of anilines is 1. The molecule has 0 bridgehead atoms. The molecule has 1 amide bonds. The fraction of sp³-hybridized carbons (Fsp3) is 0.227. The van der Waals surface area contributed by atoms with E-state index >= 15 is 0 Å². The first kappa shape index (κ1) is 22.9. The first-order valence-corrected chi connectivity index (χ1v) is 11.3. The lowest BCUT2D eigenvalue weighted by Crippen LogP contribution is -2.15. The molecule has 1 aromatic heterocycles. The molecule has 1 heterocycles. The van der Waals surface area contributed by atoms with Crippen LogP contribution >= 0.6 is 27.7 Å². The Hall–Kier alpha value is -2.78. The second-order valence-corrected chi connectivity index (χ2v) is 8.34. The van der Waals surface area contributed by atoms with E-state index in [-0.39, 0.29) is 18.3 Å². The fourth-order valence-corrected chi connectivity index (χ4v) is 3.79. The lowest BCUT2D eigenvalue weighted by atomic mass is 10.2. The number of nitrogens with zero attached hydrogens (tertiary/aromatic N) is 3. The quantitative estimate of drug-likeness (QED) is 0.315. The average molecular weight is 503 g/mol. The number of hydrogen-bond donors (Lipinski definition) is 1. The molecule has 2 aromatic carbocycles. The van der Waals surface area contributed by atoms with Crippen molar-refractivity contribution in [3.05, 3.63) is 71.0 Å². The van der Waals surface area contributed by atoms with Crippen LogP contribution in [0.2, 0.25) is 0 Å². The maximum absolute atomic E-state index is 12.4. The molecule has 0 spiro atoms. The number of para-hydroxylation sites is 2. The standard InChI is InChI=1S/C22H23BrN4O3S/c1-4-11-27-20(13-30-19-8-6-5-7-18(19)29-3)25-26-22(27)31-14-21(28)24-16-9-10-17(23)15(2)12-16/h4-10,12H,1,11,13-14H2,2-3H3,(H,24,28). The summed E-state index contributed by atoms with van der Waals surface area (Å²) < 4.78 is 14.1. The Morgan fingerprint density at radius 1 is 1.26 bits per heavy atom. The largest absolute Gasteiger partial charge is 0.493 e. The maximum atomic E-state index is 12.4. The van der Waals surface area contributed by atoms with Gasteiger partial charge in [-0.3, -0.25) is 9.36 Å². The number of nitrogens with one attached hydrogen (secondary N) is 1. The van der Waals surface area contributed by atoms with Crippen LogP contribution in [-0.4, -0.2) is 33.5 Å². The van der Waals surface area contributed by atoms with E-state index in [0.717, 1.165) is 15.7 Å². The van der Waals surface area contributed by atoms with Gasteiger partial charge in [0.1, 0.15) is 6.61 Å². The summed E-state index contributed by atoms with van der Waals surface area (Å²) in [6, 6.07) is 13.1. The summed E-state index contributed by atoms with van der Waals surface area (Å²) in [5, 5.41) is 12.0.